The van der Waals surface area contributed by atoms with Gasteiger partial charge >= 0.3 is 0 Å². The molecule has 8 heteroatoms. The Bertz CT molecular complexity index is 885. The number of amides is 1. The van der Waals surface area contributed by atoms with E-state index in [-0.39, 0.29) is 29.7 Å². The minimum absolute atomic E-state index is 0.132. The van der Waals surface area contributed by atoms with Gasteiger partial charge < -0.3 is 13.7 Å². The largest absolute Gasteiger partial charge is 0.441 e. The monoisotopic (exact) mass is 331 g/mol. The van der Waals surface area contributed by atoms with E-state index in [0.717, 1.165) is 18.2 Å². The van der Waals surface area contributed by atoms with Gasteiger partial charge in [-0.05, 0) is 12.1 Å². The van der Waals surface area contributed by atoms with E-state index in [0.29, 0.717) is 24.4 Å². The summed E-state index contributed by atoms with van der Waals surface area (Å²) in [7, 11) is 0. The molecule has 0 aliphatic carbocycles. The standard InChI is InChI=1S/C16H11F2N3O3/c17-10-3-9(4-11(18)5-10)15-20-12-7-21(2-1-13(12)24-15)16(22)14-6-19-8-23-14/h3-6,8H,1-2,7H2. The van der Waals surface area contributed by atoms with E-state index >= 15 is 0 Å². The summed E-state index contributed by atoms with van der Waals surface area (Å²) in [5.74, 6) is -0.816. The average Bonchev–Trinajstić information content (AvgIpc) is 3.22. The number of nitrogens with zero attached hydrogens (tertiary/aromatic N) is 3. The number of oxazole rings is 2. The number of carbonyl (C=O) groups is 1. The van der Waals surface area contributed by atoms with Crippen molar-refractivity contribution in [2.75, 3.05) is 6.54 Å². The molecule has 1 amide bonds. The smallest absolute Gasteiger partial charge is 0.291 e. The van der Waals surface area contributed by atoms with Gasteiger partial charge in [-0.1, -0.05) is 0 Å². The fraction of sp³-hybridized carbons (Fsp3) is 0.188. The third kappa shape index (κ3) is 2.55. The summed E-state index contributed by atoms with van der Waals surface area (Å²) in [5.41, 5.74) is 0.781. The molecule has 3 aromatic rings. The highest BCUT2D eigenvalue weighted by Gasteiger charge is 2.28. The molecule has 0 atom stereocenters. The Hall–Kier alpha value is -3.03. The van der Waals surface area contributed by atoms with E-state index in [4.69, 9.17) is 8.83 Å². The SMILES string of the molecule is O=C(c1cnco1)N1CCc2oc(-c3cc(F)cc(F)c3)nc2C1. The van der Waals surface area contributed by atoms with Gasteiger partial charge in [-0.3, -0.25) is 4.79 Å². The number of hydrogen-bond donors (Lipinski definition) is 0. The highest BCUT2D eigenvalue weighted by molar-refractivity contribution is 5.91. The molecule has 122 valence electrons. The van der Waals surface area contributed by atoms with Crippen molar-refractivity contribution < 1.29 is 22.4 Å². The minimum atomic E-state index is -0.705. The Morgan fingerprint density at radius 3 is 2.71 bits per heavy atom. The van der Waals surface area contributed by atoms with Gasteiger partial charge in [0.1, 0.15) is 23.1 Å². The number of carbonyl (C=O) groups excluding carboxylic acids is 1. The molecular formula is C16H11F2N3O3. The number of fused-ring (bicyclic) bond motifs is 1. The molecule has 1 aliphatic heterocycles. The quantitative estimate of drug-likeness (QED) is 0.722. The number of aromatic nitrogens is 2. The molecule has 0 saturated heterocycles. The van der Waals surface area contributed by atoms with Crippen molar-refractivity contribution >= 4 is 5.91 Å². The number of hydrogen-bond acceptors (Lipinski definition) is 5. The van der Waals surface area contributed by atoms with Gasteiger partial charge in [0.2, 0.25) is 11.7 Å². The Morgan fingerprint density at radius 2 is 2.00 bits per heavy atom. The number of halogens is 2. The Labute approximate surface area is 134 Å². The molecule has 6 nitrogen and oxygen atoms in total. The van der Waals surface area contributed by atoms with E-state index in [1.54, 1.807) is 4.90 Å². The number of benzene rings is 1. The lowest BCUT2D eigenvalue weighted by Gasteiger charge is -2.24. The van der Waals surface area contributed by atoms with Gasteiger partial charge in [0.25, 0.3) is 5.91 Å². The molecule has 1 aromatic carbocycles. The van der Waals surface area contributed by atoms with Crippen molar-refractivity contribution in [2.24, 2.45) is 0 Å². The molecular weight excluding hydrogens is 320 g/mol. The Kier molecular flexibility index (Phi) is 3.37. The first-order chi connectivity index (χ1) is 11.6. The van der Waals surface area contributed by atoms with Crippen molar-refractivity contribution in [1.82, 2.24) is 14.9 Å². The van der Waals surface area contributed by atoms with Gasteiger partial charge in [0, 0.05) is 24.6 Å². The summed E-state index contributed by atoms with van der Waals surface area (Å²) in [6.07, 6.45) is 3.00. The third-order valence-corrected chi connectivity index (χ3v) is 3.77. The maximum Gasteiger partial charge on any atom is 0.291 e. The van der Waals surface area contributed by atoms with Crippen molar-refractivity contribution in [3.8, 4) is 11.5 Å². The normalized spacial score (nSPS) is 13.8. The zero-order chi connectivity index (χ0) is 16.7. The predicted molar refractivity (Wildman–Crippen MR) is 76.8 cm³/mol. The first-order valence-corrected chi connectivity index (χ1v) is 7.23. The lowest BCUT2D eigenvalue weighted by molar-refractivity contribution is 0.0695. The van der Waals surface area contributed by atoms with Crippen molar-refractivity contribution in [3.05, 3.63) is 59.6 Å². The summed E-state index contributed by atoms with van der Waals surface area (Å²) in [6, 6.07) is 3.08. The highest BCUT2D eigenvalue weighted by Crippen LogP contribution is 2.27. The second kappa shape index (κ2) is 5.55. The second-order valence-electron chi connectivity index (χ2n) is 5.39. The molecule has 1 aliphatic rings. The molecule has 0 fully saturated rings. The van der Waals surface area contributed by atoms with Gasteiger partial charge in [0.05, 0.1) is 12.7 Å². The molecule has 0 N–H and O–H groups in total. The summed E-state index contributed by atoms with van der Waals surface area (Å²) >= 11 is 0. The first-order valence-electron chi connectivity index (χ1n) is 7.23. The van der Waals surface area contributed by atoms with Crippen molar-refractivity contribution in [2.45, 2.75) is 13.0 Å². The van der Waals surface area contributed by atoms with Crippen LogP contribution in [0, 0.1) is 11.6 Å². The topological polar surface area (TPSA) is 72.4 Å². The van der Waals surface area contributed by atoms with Crippen LogP contribution in [0.25, 0.3) is 11.5 Å². The van der Waals surface area contributed by atoms with Gasteiger partial charge in [-0.15, -0.1) is 0 Å². The molecule has 24 heavy (non-hydrogen) atoms. The van der Waals surface area contributed by atoms with E-state index in [1.165, 1.54) is 12.6 Å². The summed E-state index contributed by atoms with van der Waals surface area (Å²) in [4.78, 5) is 21.8. The molecule has 0 unspecified atom stereocenters. The van der Waals surface area contributed by atoms with Crippen LogP contribution in [0.4, 0.5) is 8.78 Å². The Balaban J connectivity index is 1.61. The molecule has 4 rings (SSSR count). The van der Waals surface area contributed by atoms with Crippen LogP contribution in [0.3, 0.4) is 0 Å². The maximum atomic E-state index is 13.3. The fourth-order valence-electron chi connectivity index (χ4n) is 2.65. The van der Waals surface area contributed by atoms with Gasteiger partial charge in [-0.25, -0.2) is 18.7 Å². The maximum absolute atomic E-state index is 13.3. The Morgan fingerprint density at radius 1 is 1.21 bits per heavy atom. The third-order valence-electron chi connectivity index (χ3n) is 3.77. The fourth-order valence-corrected chi connectivity index (χ4v) is 2.65. The minimum Gasteiger partial charge on any atom is -0.441 e. The lowest BCUT2D eigenvalue weighted by atomic mass is 10.1. The first kappa shape index (κ1) is 14.6. The van der Waals surface area contributed by atoms with Crippen LogP contribution >= 0.6 is 0 Å². The molecule has 0 bridgehead atoms. The van der Waals surface area contributed by atoms with Crippen molar-refractivity contribution in [1.29, 1.82) is 0 Å². The molecule has 0 radical (unpaired) electrons. The van der Waals surface area contributed by atoms with Gasteiger partial charge in [-0.2, -0.15) is 0 Å². The zero-order valence-electron chi connectivity index (χ0n) is 12.3. The summed E-state index contributed by atoms with van der Waals surface area (Å²) in [5, 5.41) is 0. The van der Waals surface area contributed by atoms with Crippen LogP contribution in [-0.2, 0) is 13.0 Å². The van der Waals surface area contributed by atoms with Crippen LogP contribution in [0.2, 0.25) is 0 Å². The van der Waals surface area contributed by atoms with Gasteiger partial charge in [0.15, 0.2) is 6.39 Å². The number of rotatable bonds is 2. The zero-order valence-corrected chi connectivity index (χ0v) is 12.3. The summed E-state index contributed by atoms with van der Waals surface area (Å²) in [6.45, 7) is 0.662. The molecule has 0 saturated carbocycles. The van der Waals surface area contributed by atoms with E-state index in [9.17, 15) is 13.6 Å². The summed E-state index contributed by atoms with van der Waals surface area (Å²) < 4.78 is 37.3. The van der Waals surface area contributed by atoms with Crippen molar-refractivity contribution in [3.63, 3.8) is 0 Å². The lowest BCUT2D eigenvalue weighted by Crippen LogP contribution is -2.35. The van der Waals surface area contributed by atoms with E-state index in [1.807, 2.05) is 0 Å². The molecule has 3 heterocycles. The van der Waals surface area contributed by atoms with E-state index in [2.05, 4.69) is 9.97 Å². The molecule has 0 spiro atoms. The highest BCUT2D eigenvalue weighted by atomic mass is 19.1. The van der Waals surface area contributed by atoms with Crippen LogP contribution in [0.15, 0.2) is 39.6 Å². The average molecular weight is 331 g/mol. The van der Waals surface area contributed by atoms with Crippen LogP contribution in [-0.4, -0.2) is 27.3 Å². The van der Waals surface area contributed by atoms with Crippen LogP contribution in [0.1, 0.15) is 22.0 Å². The second-order valence-corrected chi connectivity index (χ2v) is 5.39. The molecule has 2 aromatic heterocycles. The van der Waals surface area contributed by atoms with E-state index < -0.39 is 11.6 Å². The predicted octanol–water partition coefficient (Wildman–Crippen LogP) is 2.81. The van der Waals surface area contributed by atoms with Crippen LogP contribution < -0.4 is 0 Å². The van der Waals surface area contributed by atoms with Crippen LogP contribution in [0.5, 0.6) is 0 Å².